The van der Waals surface area contributed by atoms with Crippen molar-refractivity contribution in [3.63, 3.8) is 0 Å². The molecule has 2 atom stereocenters. The molecule has 0 fully saturated rings. The van der Waals surface area contributed by atoms with Gasteiger partial charge in [0.15, 0.2) is 0 Å². The van der Waals surface area contributed by atoms with Crippen molar-refractivity contribution in [2.45, 2.75) is 31.8 Å². The molecule has 0 saturated heterocycles. The monoisotopic (exact) mass is 285 g/mol. The summed E-state index contributed by atoms with van der Waals surface area (Å²) in [6.07, 6.45) is 0.724. The van der Waals surface area contributed by atoms with Crippen LogP contribution in [0.4, 0.5) is 4.79 Å². The third kappa shape index (κ3) is 4.92. The molecule has 2 unspecified atom stereocenters. The van der Waals surface area contributed by atoms with Gasteiger partial charge in [-0.1, -0.05) is 0 Å². The standard InChI is InChI=1S/C10H15N5O5/c1-5(8-11-4-12-15-8)13-10(20)14-6(9(18)19)2-3-7(16)17/h4-6H,2-3H2,1H3,(H,16,17)(H,18,19)(H,11,12,15)(H2,13,14,20). The number of carbonyl (C=O) groups is 3. The van der Waals surface area contributed by atoms with Crippen molar-refractivity contribution < 1.29 is 24.6 Å². The van der Waals surface area contributed by atoms with Gasteiger partial charge in [-0.15, -0.1) is 0 Å². The van der Waals surface area contributed by atoms with E-state index >= 15 is 0 Å². The van der Waals surface area contributed by atoms with Crippen LogP contribution < -0.4 is 10.6 Å². The fourth-order valence-corrected chi connectivity index (χ4v) is 1.41. The van der Waals surface area contributed by atoms with Gasteiger partial charge in [-0.2, -0.15) is 5.10 Å². The number of aromatic amines is 1. The molecular weight excluding hydrogens is 270 g/mol. The van der Waals surface area contributed by atoms with Gasteiger partial charge in [0.05, 0.1) is 6.04 Å². The summed E-state index contributed by atoms with van der Waals surface area (Å²) in [5.41, 5.74) is 0. The van der Waals surface area contributed by atoms with Gasteiger partial charge in [0.1, 0.15) is 18.2 Å². The van der Waals surface area contributed by atoms with Crippen LogP contribution in [0.3, 0.4) is 0 Å². The second-order valence-corrected chi connectivity index (χ2v) is 4.03. The lowest BCUT2D eigenvalue weighted by molar-refractivity contribution is -0.140. The average Bonchev–Trinajstić information content (AvgIpc) is 2.87. The van der Waals surface area contributed by atoms with E-state index < -0.39 is 30.1 Å². The van der Waals surface area contributed by atoms with E-state index in [1.807, 2.05) is 0 Å². The number of aliphatic carboxylic acids is 2. The van der Waals surface area contributed by atoms with E-state index in [0.717, 1.165) is 0 Å². The first-order chi connectivity index (χ1) is 9.40. The molecule has 1 heterocycles. The highest BCUT2D eigenvalue weighted by molar-refractivity contribution is 5.83. The molecule has 0 saturated carbocycles. The lowest BCUT2D eigenvalue weighted by Crippen LogP contribution is -2.46. The summed E-state index contributed by atoms with van der Waals surface area (Å²) in [6.45, 7) is 1.63. The van der Waals surface area contributed by atoms with E-state index in [9.17, 15) is 14.4 Å². The quantitative estimate of drug-likeness (QED) is 0.451. The van der Waals surface area contributed by atoms with Crippen LogP contribution >= 0.6 is 0 Å². The third-order valence-electron chi connectivity index (χ3n) is 2.44. The van der Waals surface area contributed by atoms with Crippen LogP contribution in [-0.4, -0.2) is 49.4 Å². The van der Waals surface area contributed by atoms with Gasteiger partial charge in [0, 0.05) is 6.42 Å². The number of rotatable bonds is 7. The number of nitrogens with zero attached hydrogens (tertiary/aromatic N) is 2. The second-order valence-electron chi connectivity index (χ2n) is 4.03. The van der Waals surface area contributed by atoms with Crippen molar-refractivity contribution in [1.29, 1.82) is 0 Å². The number of nitrogens with one attached hydrogen (secondary N) is 3. The SMILES string of the molecule is CC(NC(=O)NC(CCC(=O)O)C(=O)O)c1ncn[nH]1. The molecular formula is C10H15N5O5. The van der Waals surface area contributed by atoms with Crippen LogP contribution in [0, 0.1) is 0 Å². The Bertz CT molecular complexity index is 474. The number of hydrogen-bond acceptors (Lipinski definition) is 5. The van der Waals surface area contributed by atoms with E-state index in [-0.39, 0.29) is 12.8 Å². The second kappa shape index (κ2) is 7.07. The van der Waals surface area contributed by atoms with Crippen LogP contribution in [-0.2, 0) is 9.59 Å². The van der Waals surface area contributed by atoms with Gasteiger partial charge in [0.2, 0.25) is 0 Å². The Balaban J connectivity index is 2.49. The molecule has 0 bridgehead atoms. The largest absolute Gasteiger partial charge is 0.481 e. The summed E-state index contributed by atoms with van der Waals surface area (Å²) in [6, 6.07) is -2.49. The molecule has 20 heavy (non-hydrogen) atoms. The topological polar surface area (TPSA) is 157 Å². The minimum Gasteiger partial charge on any atom is -0.481 e. The summed E-state index contributed by atoms with van der Waals surface area (Å²) in [4.78, 5) is 36.8. The van der Waals surface area contributed by atoms with Gasteiger partial charge in [-0.3, -0.25) is 9.89 Å². The Morgan fingerprint density at radius 3 is 2.55 bits per heavy atom. The molecule has 5 N–H and O–H groups in total. The van der Waals surface area contributed by atoms with E-state index in [1.54, 1.807) is 6.92 Å². The zero-order chi connectivity index (χ0) is 15.1. The number of aromatic nitrogens is 3. The minimum atomic E-state index is -1.30. The average molecular weight is 285 g/mol. The molecule has 2 amide bonds. The highest BCUT2D eigenvalue weighted by Gasteiger charge is 2.22. The summed E-state index contributed by atoms with van der Waals surface area (Å²) in [5.74, 6) is -2.01. The maximum absolute atomic E-state index is 11.6. The molecule has 1 rings (SSSR count). The molecule has 0 radical (unpaired) electrons. The molecule has 0 aliphatic carbocycles. The Morgan fingerprint density at radius 2 is 2.05 bits per heavy atom. The number of urea groups is 1. The summed E-state index contributed by atoms with van der Waals surface area (Å²) >= 11 is 0. The van der Waals surface area contributed by atoms with Gasteiger partial charge in [-0.25, -0.2) is 14.6 Å². The predicted molar refractivity (Wildman–Crippen MR) is 64.8 cm³/mol. The maximum atomic E-state index is 11.6. The van der Waals surface area contributed by atoms with Gasteiger partial charge < -0.3 is 20.8 Å². The van der Waals surface area contributed by atoms with E-state index in [0.29, 0.717) is 5.82 Å². The van der Waals surface area contributed by atoms with Crippen molar-refractivity contribution in [2.24, 2.45) is 0 Å². The Labute approximate surface area is 113 Å². The number of carboxylic acid groups (broad SMARTS) is 2. The molecule has 10 nitrogen and oxygen atoms in total. The van der Waals surface area contributed by atoms with Gasteiger partial charge >= 0.3 is 18.0 Å². The molecule has 1 aromatic heterocycles. The molecule has 0 spiro atoms. The first-order valence-electron chi connectivity index (χ1n) is 5.77. The summed E-state index contributed by atoms with van der Waals surface area (Å²) in [5, 5.41) is 28.2. The van der Waals surface area contributed by atoms with Crippen molar-refractivity contribution in [3.8, 4) is 0 Å². The minimum absolute atomic E-state index is 0.200. The van der Waals surface area contributed by atoms with Crippen LogP contribution in [0.1, 0.15) is 31.6 Å². The molecule has 110 valence electrons. The first kappa shape index (κ1) is 15.4. The number of hydrogen-bond donors (Lipinski definition) is 5. The lowest BCUT2D eigenvalue weighted by atomic mass is 10.1. The maximum Gasteiger partial charge on any atom is 0.326 e. The number of amides is 2. The number of H-pyrrole nitrogens is 1. The fourth-order valence-electron chi connectivity index (χ4n) is 1.41. The summed E-state index contributed by atoms with van der Waals surface area (Å²) < 4.78 is 0. The Hall–Kier alpha value is -2.65. The van der Waals surface area contributed by atoms with E-state index in [2.05, 4.69) is 25.8 Å². The van der Waals surface area contributed by atoms with Crippen LogP contribution in [0.15, 0.2) is 6.33 Å². The van der Waals surface area contributed by atoms with E-state index in [1.165, 1.54) is 6.33 Å². The molecule has 0 aliphatic heterocycles. The molecule has 1 aromatic rings. The fraction of sp³-hybridized carbons (Fsp3) is 0.500. The van der Waals surface area contributed by atoms with Crippen molar-refractivity contribution in [2.75, 3.05) is 0 Å². The van der Waals surface area contributed by atoms with Crippen molar-refractivity contribution in [3.05, 3.63) is 12.2 Å². The summed E-state index contributed by atoms with van der Waals surface area (Å²) in [7, 11) is 0. The Kier molecular flexibility index (Phi) is 5.44. The number of carboxylic acids is 2. The predicted octanol–water partition coefficient (Wildman–Crippen LogP) is -0.517. The van der Waals surface area contributed by atoms with Gasteiger partial charge in [-0.05, 0) is 13.3 Å². The zero-order valence-corrected chi connectivity index (χ0v) is 10.7. The molecule has 0 aliphatic rings. The van der Waals surface area contributed by atoms with Crippen LogP contribution in [0.5, 0.6) is 0 Å². The Morgan fingerprint density at radius 1 is 1.35 bits per heavy atom. The smallest absolute Gasteiger partial charge is 0.326 e. The van der Waals surface area contributed by atoms with Crippen LogP contribution in [0.2, 0.25) is 0 Å². The third-order valence-corrected chi connectivity index (χ3v) is 2.44. The normalized spacial score (nSPS) is 13.2. The highest BCUT2D eigenvalue weighted by atomic mass is 16.4. The lowest BCUT2D eigenvalue weighted by Gasteiger charge is -2.16. The molecule has 0 aromatic carbocycles. The first-order valence-corrected chi connectivity index (χ1v) is 5.77. The highest BCUT2D eigenvalue weighted by Crippen LogP contribution is 2.04. The van der Waals surface area contributed by atoms with Crippen molar-refractivity contribution in [1.82, 2.24) is 25.8 Å². The molecule has 10 heteroatoms. The zero-order valence-electron chi connectivity index (χ0n) is 10.7. The number of carbonyl (C=O) groups excluding carboxylic acids is 1. The van der Waals surface area contributed by atoms with E-state index in [4.69, 9.17) is 10.2 Å². The van der Waals surface area contributed by atoms with Crippen LogP contribution in [0.25, 0.3) is 0 Å². The van der Waals surface area contributed by atoms with Crippen molar-refractivity contribution >= 4 is 18.0 Å². The van der Waals surface area contributed by atoms with Gasteiger partial charge in [0.25, 0.3) is 0 Å².